The Balaban J connectivity index is 1.55. The number of hydrogen-bond donors (Lipinski definition) is 1. The van der Waals surface area contributed by atoms with Gasteiger partial charge >= 0.3 is 0 Å². The van der Waals surface area contributed by atoms with Crippen LogP contribution in [0.5, 0.6) is 5.75 Å². The molecule has 1 aromatic carbocycles. The molecule has 1 saturated carbocycles. The van der Waals surface area contributed by atoms with E-state index in [-0.39, 0.29) is 18.5 Å². The Morgan fingerprint density at radius 1 is 1.24 bits per heavy atom. The van der Waals surface area contributed by atoms with Gasteiger partial charge in [-0.2, -0.15) is 5.26 Å². The summed E-state index contributed by atoms with van der Waals surface area (Å²) >= 11 is 0. The lowest BCUT2D eigenvalue weighted by Gasteiger charge is -2.47. The van der Waals surface area contributed by atoms with Gasteiger partial charge in [-0.25, -0.2) is 0 Å². The number of nitrogens with one attached hydrogen (secondary N) is 1. The van der Waals surface area contributed by atoms with Crippen LogP contribution in [-0.4, -0.2) is 54.8 Å². The van der Waals surface area contributed by atoms with Crippen molar-refractivity contribution in [2.45, 2.75) is 63.5 Å². The monoisotopic (exact) mass is 502 g/mol. The van der Waals surface area contributed by atoms with Crippen molar-refractivity contribution in [1.82, 2.24) is 10.2 Å². The first-order valence-electron chi connectivity index (χ1n) is 13.1. The second-order valence-electron chi connectivity index (χ2n) is 12.2. The smallest absolute Gasteiger partial charge is 0.267 e. The molecule has 2 amide bonds. The molecule has 1 saturated heterocycles. The van der Waals surface area contributed by atoms with Crippen molar-refractivity contribution in [1.29, 1.82) is 5.26 Å². The second-order valence-corrected chi connectivity index (χ2v) is 12.2. The van der Waals surface area contributed by atoms with Gasteiger partial charge < -0.3 is 19.7 Å². The predicted molar refractivity (Wildman–Crippen MR) is 138 cm³/mol. The summed E-state index contributed by atoms with van der Waals surface area (Å²) in [7, 11) is 1.58. The SMILES string of the molecule is COCN1C(=O)[C@@]2(C[C@@]3(CN4CCCC=C4C(=O)N3)[C@@H](C#N)C2(C)C)c2ccc3c(c21)C=CC(C)(C)O3. The van der Waals surface area contributed by atoms with Gasteiger partial charge in [-0.05, 0) is 56.9 Å². The van der Waals surface area contributed by atoms with Crippen molar-refractivity contribution in [2.75, 3.05) is 31.8 Å². The van der Waals surface area contributed by atoms with E-state index in [1.807, 2.05) is 58.1 Å². The normalized spacial score (nSPS) is 32.4. The fourth-order valence-corrected chi connectivity index (χ4v) is 7.70. The quantitative estimate of drug-likeness (QED) is 0.666. The van der Waals surface area contributed by atoms with Gasteiger partial charge in [-0.3, -0.25) is 14.5 Å². The minimum absolute atomic E-state index is 0.0902. The molecular weight excluding hydrogens is 468 g/mol. The Hall–Kier alpha value is -3.31. The highest BCUT2D eigenvalue weighted by Crippen LogP contribution is 2.67. The molecule has 1 aliphatic carbocycles. The molecule has 1 N–H and O–H groups in total. The summed E-state index contributed by atoms with van der Waals surface area (Å²) in [6.07, 6.45) is 8.21. The van der Waals surface area contributed by atoms with E-state index in [2.05, 4.69) is 16.3 Å². The van der Waals surface area contributed by atoms with Gasteiger partial charge in [0.1, 0.15) is 18.1 Å². The molecule has 6 rings (SSSR count). The lowest BCUT2D eigenvalue weighted by Crippen LogP contribution is -2.64. The van der Waals surface area contributed by atoms with Crippen LogP contribution in [0.1, 0.15) is 58.1 Å². The molecule has 4 heterocycles. The lowest BCUT2D eigenvalue weighted by molar-refractivity contribution is -0.128. The van der Waals surface area contributed by atoms with Gasteiger partial charge in [-0.15, -0.1) is 0 Å². The Labute approximate surface area is 217 Å². The number of ether oxygens (including phenoxy) is 2. The summed E-state index contributed by atoms with van der Waals surface area (Å²) in [5, 5.41) is 13.8. The standard InChI is InChI=1S/C29H34N4O4/c1-26(2)12-11-18-21(37-26)10-9-19-23(18)33(17-36-5)25(35)29(19)15-28(22(14-30)27(29,3)4)16-32-13-7-6-8-20(32)24(34)31-28/h8-12,22H,6-7,13,15-17H2,1-5H3,(H,31,34)/t22-,28+,29+/m0/s1. The van der Waals surface area contributed by atoms with Crippen LogP contribution in [0.4, 0.5) is 5.69 Å². The molecule has 2 spiro atoms. The Morgan fingerprint density at radius 3 is 2.76 bits per heavy atom. The molecule has 2 fully saturated rings. The molecule has 1 aromatic rings. The molecular formula is C29H34N4O4. The van der Waals surface area contributed by atoms with Crippen LogP contribution in [-0.2, 0) is 19.7 Å². The van der Waals surface area contributed by atoms with Crippen LogP contribution >= 0.6 is 0 Å². The topological polar surface area (TPSA) is 94.9 Å². The molecule has 0 unspecified atom stereocenters. The van der Waals surface area contributed by atoms with Gasteiger partial charge in [0.15, 0.2) is 0 Å². The maximum atomic E-state index is 14.6. The number of benzene rings is 1. The first kappa shape index (κ1) is 24.1. The van der Waals surface area contributed by atoms with Gasteiger partial charge in [0.2, 0.25) is 5.91 Å². The highest BCUT2D eigenvalue weighted by atomic mass is 16.5. The van der Waals surface area contributed by atoms with E-state index < -0.39 is 27.9 Å². The third kappa shape index (κ3) is 2.98. The first-order valence-corrected chi connectivity index (χ1v) is 13.1. The maximum absolute atomic E-state index is 14.6. The molecule has 8 nitrogen and oxygen atoms in total. The number of rotatable bonds is 2. The summed E-state index contributed by atoms with van der Waals surface area (Å²) in [4.78, 5) is 31.7. The van der Waals surface area contributed by atoms with Gasteiger partial charge in [0.05, 0.1) is 34.3 Å². The number of piperazine rings is 1. The molecule has 5 aliphatic rings. The lowest BCUT2D eigenvalue weighted by atomic mass is 9.61. The molecule has 194 valence electrons. The summed E-state index contributed by atoms with van der Waals surface area (Å²) in [5.41, 5.74) is 0.0843. The highest BCUT2D eigenvalue weighted by Gasteiger charge is 2.74. The first-order chi connectivity index (χ1) is 17.5. The minimum atomic E-state index is -1.01. The van der Waals surface area contributed by atoms with Crippen LogP contribution in [0.2, 0.25) is 0 Å². The van der Waals surface area contributed by atoms with Crippen molar-refractivity contribution in [2.24, 2.45) is 11.3 Å². The molecule has 0 radical (unpaired) electrons. The minimum Gasteiger partial charge on any atom is -0.483 e. The average molecular weight is 503 g/mol. The zero-order valence-electron chi connectivity index (χ0n) is 22.2. The van der Waals surface area contributed by atoms with E-state index in [0.29, 0.717) is 24.4 Å². The number of amides is 2. The van der Waals surface area contributed by atoms with Gasteiger partial charge in [0, 0.05) is 31.2 Å². The number of methoxy groups -OCH3 is 1. The van der Waals surface area contributed by atoms with E-state index in [0.717, 1.165) is 36.2 Å². The number of fused-ring (bicyclic) bond motifs is 5. The number of hydrogen-bond acceptors (Lipinski definition) is 6. The number of anilines is 1. The Morgan fingerprint density at radius 2 is 2.03 bits per heavy atom. The Kier molecular flexibility index (Phi) is 4.95. The number of carbonyl (C=O) groups is 2. The number of nitriles is 1. The molecule has 8 heteroatoms. The number of allylic oxidation sites excluding steroid dienone is 1. The van der Waals surface area contributed by atoms with E-state index in [9.17, 15) is 14.9 Å². The maximum Gasteiger partial charge on any atom is 0.267 e. The summed E-state index contributed by atoms with van der Waals surface area (Å²) < 4.78 is 11.8. The van der Waals surface area contributed by atoms with Gasteiger partial charge in [0.25, 0.3) is 5.91 Å². The Bertz CT molecular complexity index is 1320. The van der Waals surface area contributed by atoms with E-state index in [1.54, 1.807) is 12.0 Å². The van der Waals surface area contributed by atoms with Crippen molar-refractivity contribution in [3.05, 3.63) is 41.1 Å². The molecule has 3 atom stereocenters. The van der Waals surface area contributed by atoms with Crippen LogP contribution < -0.4 is 15.0 Å². The molecule has 0 bridgehead atoms. The highest BCUT2D eigenvalue weighted by molar-refractivity contribution is 6.11. The van der Waals surface area contributed by atoms with Crippen LogP contribution in [0.15, 0.2) is 30.0 Å². The van der Waals surface area contributed by atoms with Crippen molar-refractivity contribution in [3.8, 4) is 11.8 Å². The van der Waals surface area contributed by atoms with Crippen molar-refractivity contribution in [3.63, 3.8) is 0 Å². The van der Waals surface area contributed by atoms with Crippen molar-refractivity contribution >= 4 is 23.6 Å². The molecule has 37 heavy (non-hydrogen) atoms. The van der Waals surface area contributed by atoms with Crippen LogP contribution in [0.3, 0.4) is 0 Å². The molecule has 4 aliphatic heterocycles. The third-order valence-corrected chi connectivity index (χ3v) is 9.26. The van der Waals surface area contributed by atoms with Crippen LogP contribution in [0, 0.1) is 22.7 Å². The third-order valence-electron chi connectivity index (χ3n) is 9.26. The number of nitrogens with zero attached hydrogens (tertiary/aromatic N) is 3. The molecule has 0 aromatic heterocycles. The van der Waals surface area contributed by atoms with Crippen LogP contribution in [0.25, 0.3) is 6.08 Å². The fraction of sp³-hybridized carbons (Fsp3) is 0.552. The van der Waals surface area contributed by atoms with E-state index in [4.69, 9.17) is 9.47 Å². The fourth-order valence-electron chi connectivity index (χ4n) is 7.70. The second kappa shape index (κ2) is 7.61. The summed E-state index contributed by atoms with van der Waals surface area (Å²) in [6, 6.07) is 6.48. The zero-order valence-corrected chi connectivity index (χ0v) is 22.2. The zero-order chi connectivity index (χ0) is 26.4. The van der Waals surface area contributed by atoms with Gasteiger partial charge in [-0.1, -0.05) is 26.0 Å². The average Bonchev–Trinajstić information content (AvgIpc) is 3.18. The van der Waals surface area contributed by atoms with Crippen molar-refractivity contribution < 1.29 is 19.1 Å². The predicted octanol–water partition coefficient (Wildman–Crippen LogP) is 3.48. The summed E-state index contributed by atoms with van der Waals surface area (Å²) in [6.45, 7) is 9.39. The summed E-state index contributed by atoms with van der Waals surface area (Å²) in [5.74, 6) is -0.100. The largest absolute Gasteiger partial charge is 0.483 e. The number of carbonyl (C=O) groups excluding carboxylic acids is 2. The van der Waals surface area contributed by atoms with E-state index in [1.165, 1.54) is 0 Å². The van der Waals surface area contributed by atoms with E-state index >= 15 is 0 Å².